The van der Waals surface area contributed by atoms with Crippen LogP contribution in [0.25, 0.3) is 0 Å². The first-order valence-corrected chi connectivity index (χ1v) is 4.25. The van der Waals surface area contributed by atoms with Gasteiger partial charge in [-0.2, -0.15) is 0 Å². The lowest BCUT2D eigenvalue weighted by atomic mass is 9.99. The van der Waals surface area contributed by atoms with Crippen molar-refractivity contribution in [1.82, 2.24) is 0 Å². The molecule has 1 atom stereocenters. The molecule has 0 spiro atoms. The maximum absolute atomic E-state index is 10.7. The van der Waals surface area contributed by atoms with Gasteiger partial charge in [-0.15, -0.1) is 0 Å². The fourth-order valence-corrected chi connectivity index (χ4v) is 1.52. The van der Waals surface area contributed by atoms with Crippen LogP contribution in [0.1, 0.15) is 22.8 Å². The van der Waals surface area contributed by atoms with Crippen LogP contribution in [-0.4, -0.2) is 13.4 Å². The minimum atomic E-state index is -0.429. The van der Waals surface area contributed by atoms with Crippen LogP contribution in [0.3, 0.4) is 0 Å². The first-order chi connectivity index (χ1) is 6.20. The second kappa shape index (κ2) is 4.19. The molecule has 1 aromatic carbocycles. The Morgan fingerprint density at radius 3 is 2.23 bits per heavy atom. The quantitative estimate of drug-likeness (QED) is 0.663. The van der Waals surface area contributed by atoms with E-state index in [0.717, 1.165) is 23.0 Å². The van der Waals surface area contributed by atoms with Gasteiger partial charge in [0.15, 0.2) is 6.29 Å². The molecular weight excluding hydrogens is 164 g/mol. The minimum Gasteiger partial charge on any atom is -0.369 e. The molecule has 0 amide bonds. The van der Waals surface area contributed by atoms with Gasteiger partial charge in [0.1, 0.15) is 6.10 Å². The summed E-state index contributed by atoms with van der Waals surface area (Å²) in [6, 6.07) is 5.95. The van der Waals surface area contributed by atoms with Gasteiger partial charge in [0.05, 0.1) is 0 Å². The first kappa shape index (κ1) is 9.93. The molecule has 0 aliphatic carbocycles. The average molecular weight is 178 g/mol. The number of ether oxygens (including phenoxy) is 1. The minimum absolute atomic E-state index is 0.429. The maximum atomic E-state index is 10.7. The summed E-state index contributed by atoms with van der Waals surface area (Å²) in [7, 11) is 1.55. The van der Waals surface area contributed by atoms with E-state index < -0.39 is 6.10 Å². The number of aryl methyl sites for hydroxylation is 2. The van der Waals surface area contributed by atoms with Gasteiger partial charge in [-0.05, 0) is 30.5 Å². The molecule has 0 aliphatic heterocycles. The standard InChI is InChI=1S/C11H14O2/c1-8-5-4-6-9(2)11(8)10(7-12)13-3/h4-7,10H,1-3H3. The molecule has 2 nitrogen and oxygen atoms in total. The summed E-state index contributed by atoms with van der Waals surface area (Å²) in [6.07, 6.45) is 0.399. The van der Waals surface area contributed by atoms with E-state index in [0.29, 0.717) is 0 Å². The van der Waals surface area contributed by atoms with E-state index in [1.807, 2.05) is 32.0 Å². The Balaban J connectivity index is 3.17. The third kappa shape index (κ3) is 1.95. The summed E-state index contributed by atoms with van der Waals surface area (Å²) in [5.74, 6) is 0. The zero-order valence-electron chi connectivity index (χ0n) is 8.20. The molecule has 70 valence electrons. The molecule has 0 saturated carbocycles. The normalized spacial score (nSPS) is 12.5. The van der Waals surface area contributed by atoms with E-state index in [9.17, 15) is 4.79 Å². The zero-order chi connectivity index (χ0) is 9.84. The Morgan fingerprint density at radius 2 is 1.85 bits per heavy atom. The monoisotopic (exact) mass is 178 g/mol. The number of carbonyl (C=O) groups excluding carboxylic acids is 1. The molecule has 1 rings (SSSR count). The summed E-state index contributed by atoms with van der Waals surface area (Å²) in [5.41, 5.74) is 3.18. The number of carbonyl (C=O) groups is 1. The topological polar surface area (TPSA) is 26.3 Å². The van der Waals surface area contributed by atoms with Crippen LogP contribution >= 0.6 is 0 Å². The summed E-state index contributed by atoms with van der Waals surface area (Å²) < 4.78 is 5.08. The Hall–Kier alpha value is -1.15. The van der Waals surface area contributed by atoms with Crippen molar-refractivity contribution in [3.05, 3.63) is 34.9 Å². The van der Waals surface area contributed by atoms with Crippen LogP contribution in [-0.2, 0) is 9.53 Å². The predicted molar refractivity (Wildman–Crippen MR) is 51.7 cm³/mol. The van der Waals surface area contributed by atoms with Crippen molar-refractivity contribution < 1.29 is 9.53 Å². The number of benzene rings is 1. The molecule has 0 fully saturated rings. The zero-order valence-corrected chi connectivity index (χ0v) is 8.20. The van der Waals surface area contributed by atoms with E-state index in [1.54, 1.807) is 7.11 Å². The van der Waals surface area contributed by atoms with Crippen molar-refractivity contribution >= 4 is 6.29 Å². The number of hydrogen-bond acceptors (Lipinski definition) is 2. The lowest BCUT2D eigenvalue weighted by Crippen LogP contribution is -2.06. The molecule has 0 radical (unpaired) electrons. The van der Waals surface area contributed by atoms with Crippen molar-refractivity contribution in [2.24, 2.45) is 0 Å². The number of hydrogen-bond donors (Lipinski definition) is 0. The lowest BCUT2D eigenvalue weighted by molar-refractivity contribution is -0.116. The van der Waals surface area contributed by atoms with Crippen LogP contribution in [0.2, 0.25) is 0 Å². The molecule has 1 unspecified atom stereocenters. The van der Waals surface area contributed by atoms with Crippen molar-refractivity contribution in [2.45, 2.75) is 20.0 Å². The average Bonchev–Trinajstić information content (AvgIpc) is 2.11. The van der Waals surface area contributed by atoms with Crippen LogP contribution in [0.15, 0.2) is 18.2 Å². The van der Waals surface area contributed by atoms with Crippen molar-refractivity contribution in [2.75, 3.05) is 7.11 Å². The predicted octanol–water partition coefficient (Wildman–Crippen LogP) is 2.19. The van der Waals surface area contributed by atoms with E-state index in [2.05, 4.69) is 0 Å². The molecule has 0 N–H and O–H groups in total. The molecule has 0 aliphatic rings. The van der Waals surface area contributed by atoms with Gasteiger partial charge in [-0.25, -0.2) is 0 Å². The molecule has 13 heavy (non-hydrogen) atoms. The SMILES string of the molecule is COC(C=O)c1c(C)cccc1C. The third-order valence-corrected chi connectivity index (χ3v) is 2.20. The van der Waals surface area contributed by atoms with Crippen molar-refractivity contribution in [3.63, 3.8) is 0 Å². The van der Waals surface area contributed by atoms with Crippen LogP contribution < -0.4 is 0 Å². The van der Waals surface area contributed by atoms with Crippen molar-refractivity contribution in [3.8, 4) is 0 Å². The summed E-state index contributed by atoms with van der Waals surface area (Å²) >= 11 is 0. The first-order valence-electron chi connectivity index (χ1n) is 4.25. The molecular formula is C11H14O2. The summed E-state index contributed by atoms with van der Waals surface area (Å²) in [5, 5.41) is 0. The van der Waals surface area contributed by atoms with Crippen molar-refractivity contribution in [1.29, 1.82) is 0 Å². The lowest BCUT2D eigenvalue weighted by Gasteiger charge is -2.14. The van der Waals surface area contributed by atoms with Gasteiger partial charge in [0.25, 0.3) is 0 Å². The van der Waals surface area contributed by atoms with Crippen LogP contribution in [0.4, 0.5) is 0 Å². The van der Waals surface area contributed by atoms with E-state index in [4.69, 9.17) is 4.74 Å². The smallest absolute Gasteiger partial charge is 0.153 e. The number of aldehydes is 1. The van der Waals surface area contributed by atoms with E-state index in [1.165, 1.54) is 0 Å². The van der Waals surface area contributed by atoms with Gasteiger partial charge >= 0.3 is 0 Å². The van der Waals surface area contributed by atoms with Gasteiger partial charge < -0.3 is 9.53 Å². The summed E-state index contributed by atoms with van der Waals surface area (Å²) in [6.45, 7) is 3.97. The van der Waals surface area contributed by atoms with Gasteiger partial charge in [0, 0.05) is 7.11 Å². The van der Waals surface area contributed by atoms with Crippen LogP contribution in [0.5, 0.6) is 0 Å². The Kier molecular flexibility index (Phi) is 3.20. The highest BCUT2D eigenvalue weighted by molar-refractivity contribution is 5.62. The second-order valence-electron chi connectivity index (χ2n) is 3.10. The van der Waals surface area contributed by atoms with Crippen LogP contribution in [0, 0.1) is 13.8 Å². The summed E-state index contributed by atoms with van der Waals surface area (Å²) in [4.78, 5) is 10.7. The maximum Gasteiger partial charge on any atom is 0.153 e. The highest BCUT2D eigenvalue weighted by Gasteiger charge is 2.13. The number of methoxy groups -OCH3 is 1. The highest BCUT2D eigenvalue weighted by Crippen LogP contribution is 2.22. The fourth-order valence-electron chi connectivity index (χ4n) is 1.52. The molecule has 0 saturated heterocycles. The Bertz CT molecular complexity index is 285. The number of rotatable bonds is 3. The molecule has 2 heteroatoms. The highest BCUT2D eigenvalue weighted by atomic mass is 16.5. The molecule has 1 aromatic rings. The van der Waals surface area contributed by atoms with Gasteiger partial charge in [-0.1, -0.05) is 18.2 Å². The molecule has 0 heterocycles. The largest absolute Gasteiger partial charge is 0.369 e. The molecule has 0 aromatic heterocycles. The van der Waals surface area contributed by atoms with Gasteiger partial charge in [0.2, 0.25) is 0 Å². The third-order valence-electron chi connectivity index (χ3n) is 2.20. The van der Waals surface area contributed by atoms with E-state index in [-0.39, 0.29) is 0 Å². The van der Waals surface area contributed by atoms with E-state index >= 15 is 0 Å². The van der Waals surface area contributed by atoms with Gasteiger partial charge in [-0.3, -0.25) is 0 Å². The second-order valence-corrected chi connectivity index (χ2v) is 3.10. The fraction of sp³-hybridized carbons (Fsp3) is 0.364. The Labute approximate surface area is 78.5 Å². The molecule has 0 bridgehead atoms. The Morgan fingerprint density at radius 1 is 1.31 bits per heavy atom.